The summed E-state index contributed by atoms with van der Waals surface area (Å²) in [6, 6.07) is 5.22. The summed E-state index contributed by atoms with van der Waals surface area (Å²) in [5.41, 5.74) is 0.154. The van der Waals surface area contributed by atoms with Crippen molar-refractivity contribution in [3.05, 3.63) is 23.8 Å². The number of ketones is 1. The number of carbonyl (C=O) groups excluding carboxylic acids is 2. The third-order valence-electron chi connectivity index (χ3n) is 5.05. The lowest BCUT2D eigenvalue weighted by Crippen LogP contribution is -2.47. The molecule has 0 amide bonds. The fraction of sp³-hybridized carbons (Fsp3) is 0.556. The highest BCUT2D eigenvalue weighted by molar-refractivity contribution is 6.01. The fourth-order valence-electron chi connectivity index (χ4n) is 3.88. The van der Waals surface area contributed by atoms with E-state index in [4.69, 9.17) is 14.2 Å². The maximum Gasteiger partial charge on any atom is 0.306 e. The number of methoxy groups -OCH3 is 2. The predicted octanol–water partition coefficient (Wildman–Crippen LogP) is 3.01. The van der Waals surface area contributed by atoms with Gasteiger partial charge in [-0.1, -0.05) is 0 Å². The van der Waals surface area contributed by atoms with Gasteiger partial charge in [0, 0.05) is 18.4 Å². The summed E-state index contributed by atoms with van der Waals surface area (Å²) in [5, 5.41) is 0. The average Bonchev–Trinajstić information content (AvgIpc) is 2.52. The molecule has 5 heteroatoms. The molecule has 0 aromatic heterocycles. The van der Waals surface area contributed by atoms with E-state index < -0.39 is 5.60 Å². The van der Waals surface area contributed by atoms with E-state index in [0.717, 1.165) is 19.3 Å². The summed E-state index contributed by atoms with van der Waals surface area (Å²) >= 11 is 0. The number of hydrogen-bond acceptors (Lipinski definition) is 5. The molecule has 0 N–H and O–H groups in total. The van der Waals surface area contributed by atoms with Crippen LogP contribution >= 0.6 is 0 Å². The second-order valence-corrected chi connectivity index (χ2v) is 6.67. The van der Waals surface area contributed by atoms with Gasteiger partial charge in [0.1, 0.15) is 17.1 Å². The lowest BCUT2D eigenvalue weighted by molar-refractivity contribution is -0.176. The highest BCUT2D eigenvalue weighted by atomic mass is 16.6. The van der Waals surface area contributed by atoms with Crippen molar-refractivity contribution in [3.63, 3.8) is 0 Å². The van der Waals surface area contributed by atoms with Crippen LogP contribution in [0, 0.1) is 11.8 Å². The number of rotatable bonds is 4. The van der Waals surface area contributed by atoms with Crippen molar-refractivity contribution in [1.82, 2.24) is 0 Å². The van der Waals surface area contributed by atoms with Gasteiger partial charge in [-0.25, -0.2) is 0 Å². The first-order valence-electron chi connectivity index (χ1n) is 7.94. The number of carbonyl (C=O) groups is 2. The van der Waals surface area contributed by atoms with E-state index in [-0.39, 0.29) is 23.6 Å². The average molecular weight is 318 g/mol. The van der Waals surface area contributed by atoms with Gasteiger partial charge < -0.3 is 14.2 Å². The maximum absolute atomic E-state index is 13.0. The zero-order valence-electron chi connectivity index (χ0n) is 13.8. The molecule has 2 aliphatic rings. The molecule has 1 aromatic carbocycles. The largest absolute Gasteiger partial charge is 0.497 e. The third-order valence-corrected chi connectivity index (χ3v) is 5.05. The van der Waals surface area contributed by atoms with Crippen LogP contribution in [-0.4, -0.2) is 31.6 Å². The van der Waals surface area contributed by atoms with Crippen LogP contribution < -0.4 is 9.47 Å². The minimum Gasteiger partial charge on any atom is -0.497 e. The molecule has 1 saturated heterocycles. The number of fused-ring (bicyclic) bond motifs is 2. The van der Waals surface area contributed by atoms with E-state index >= 15 is 0 Å². The predicted molar refractivity (Wildman–Crippen MR) is 83.8 cm³/mol. The Morgan fingerprint density at radius 2 is 2.09 bits per heavy atom. The molecule has 3 unspecified atom stereocenters. The molecule has 2 bridgehead atoms. The molecular weight excluding hydrogens is 296 g/mol. The molecule has 0 spiro atoms. The lowest BCUT2D eigenvalue weighted by Gasteiger charge is -2.45. The minimum absolute atomic E-state index is 0.0475. The van der Waals surface area contributed by atoms with Gasteiger partial charge in [0.25, 0.3) is 0 Å². The summed E-state index contributed by atoms with van der Waals surface area (Å²) in [5.74, 6) is 0.915. The summed E-state index contributed by atoms with van der Waals surface area (Å²) in [6.45, 7) is 1.96. The highest BCUT2D eigenvalue weighted by Crippen LogP contribution is 2.46. The first kappa shape index (κ1) is 15.8. The Kier molecular flexibility index (Phi) is 4.04. The Bertz CT molecular complexity index is 638. The van der Waals surface area contributed by atoms with Crippen LogP contribution in [0.15, 0.2) is 18.2 Å². The minimum atomic E-state index is -0.402. The third kappa shape index (κ3) is 2.92. The van der Waals surface area contributed by atoms with Gasteiger partial charge in [0.2, 0.25) is 0 Å². The Morgan fingerprint density at radius 1 is 1.30 bits per heavy atom. The second-order valence-electron chi connectivity index (χ2n) is 6.67. The Morgan fingerprint density at radius 3 is 2.78 bits per heavy atom. The van der Waals surface area contributed by atoms with Crippen LogP contribution in [-0.2, 0) is 9.53 Å². The summed E-state index contributed by atoms with van der Waals surface area (Å²) in [4.78, 5) is 24.8. The molecule has 23 heavy (non-hydrogen) atoms. The topological polar surface area (TPSA) is 61.8 Å². The molecule has 3 rings (SSSR count). The monoisotopic (exact) mass is 318 g/mol. The molecule has 124 valence electrons. The van der Waals surface area contributed by atoms with Crippen LogP contribution in [0.3, 0.4) is 0 Å². The van der Waals surface area contributed by atoms with Crippen LogP contribution in [0.5, 0.6) is 11.5 Å². The van der Waals surface area contributed by atoms with Gasteiger partial charge >= 0.3 is 5.97 Å². The molecule has 1 aliphatic carbocycles. The van der Waals surface area contributed by atoms with Gasteiger partial charge in [0.15, 0.2) is 5.78 Å². The molecule has 3 atom stereocenters. The van der Waals surface area contributed by atoms with Crippen molar-refractivity contribution in [3.8, 4) is 11.5 Å². The lowest BCUT2D eigenvalue weighted by atomic mass is 9.67. The first-order valence-corrected chi connectivity index (χ1v) is 7.94. The van der Waals surface area contributed by atoms with Gasteiger partial charge in [-0.05, 0) is 44.2 Å². The number of esters is 1. The highest BCUT2D eigenvalue weighted by Gasteiger charge is 2.47. The zero-order chi connectivity index (χ0) is 16.6. The maximum atomic E-state index is 13.0. The van der Waals surface area contributed by atoms with Crippen molar-refractivity contribution >= 4 is 11.8 Å². The summed E-state index contributed by atoms with van der Waals surface area (Å²) in [7, 11) is 3.12. The van der Waals surface area contributed by atoms with E-state index in [9.17, 15) is 9.59 Å². The Balaban J connectivity index is 1.87. The fourth-order valence-corrected chi connectivity index (χ4v) is 3.88. The van der Waals surface area contributed by atoms with Crippen LogP contribution in [0.25, 0.3) is 0 Å². The SMILES string of the molecule is COc1ccc(C(=O)C2CCC3(C)CC2CC(=O)O3)c(OC)c1. The smallest absolute Gasteiger partial charge is 0.306 e. The number of Topliss-reactive ketones (excluding diaryl/α,β-unsaturated/α-hetero) is 1. The Hall–Kier alpha value is -2.04. The molecular formula is C18H22O5. The van der Waals surface area contributed by atoms with Crippen molar-refractivity contribution in [1.29, 1.82) is 0 Å². The quantitative estimate of drug-likeness (QED) is 0.631. The van der Waals surface area contributed by atoms with E-state index in [1.165, 1.54) is 0 Å². The molecule has 1 saturated carbocycles. The molecule has 5 nitrogen and oxygen atoms in total. The van der Waals surface area contributed by atoms with Crippen LogP contribution in [0.4, 0.5) is 0 Å². The summed E-state index contributed by atoms with van der Waals surface area (Å²) in [6.07, 6.45) is 2.55. The Labute approximate surface area is 135 Å². The van der Waals surface area contributed by atoms with Crippen LogP contribution in [0.2, 0.25) is 0 Å². The van der Waals surface area contributed by atoms with E-state index in [0.29, 0.717) is 23.5 Å². The normalized spacial score (nSPS) is 29.6. The van der Waals surface area contributed by atoms with Gasteiger partial charge in [-0.15, -0.1) is 0 Å². The van der Waals surface area contributed by atoms with Gasteiger partial charge in [0.05, 0.1) is 19.8 Å². The van der Waals surface area contributed by atoms with Crippen molar-refractivity contribution in [2.45, 2.75) is 38.2 Å². The first-order chi connectivity index (χ1) is 11.0. The number of hydrogen-bond donors (Lipinski definition) is 0. The molecule has 1 aromatic rings. The van der Waals surface area contributed by atoms with Crippen LogP contribution in [0.1, 0.15) is 43.0 Å². The van der Waals surface area contributed by atoms with E-state index in [1.54, 1.807) is 32.4 Å². The van der Waals surface area contributed by atoms with Crippen molar-refractivity contribution in [2.24, 2.45) is 11.8 Å². The second kappa shape index (κ2) is 5.87. The molecule has 2 fully saturated rings. The van der Waals surface area contributed by atoms with E-state index in [2.05, 4.69) is 0 Å². The van der Waals surface area contributed by atoms with Gasteiger partial charge in [-0.2, -0.15) is 0 Å². The molecule has 0 radical (unpaired) electrons. The van der Waals surface area contributed by atoms with E-state index in [1.807, 2.05) is 6.92 Å². The summed E-state index contributed by atoms with van der Waals surface area (Å²) < 4.78 is 16.0. The van der Waals surface area contributed by atoms with Gasteiger partial charge in [-0.3, -0.25) is 9.59 Å². The van der Waals surface area contributed by atoms with Crippen molar-refractivity contribution in [2.75, 3.05) is 14.2 Å². The number of benzene rings is 1. The standard InChI is InChI=1S/C18H22O5/c1-18-7-6-13(11(10-18)8-16(19)23-18)17(20)14-5-4-12(21-2)9-15(14)22-3/h4-5,9,11,13H,6-8,10H2,1-3H3. The number of ether oxygens (including phenoxy) is 3. The zero-order valence-corrected chi connectivity index (χ0v) is 13.8. The van der Waals surface area contributed by atoms with Crippen molar-refractivity contribution < 1.29 is 23.8 Å². The molecule has 1 aliphatic heterocycles. The molecule has 1 heterocycles.